The summed E-state index contributed by atoms with van der Waals surface area (Å²) in [4.78, 5) is 12.8. The van der Waals surface area contributed by atoms with Crippen molar-refractivity contribution in [2.75, 3.05) is 18.5 Å². The SMILES string of the molecule is CCOc1ccccc1NC(=O)c1cc(Br)ccc1OCCC(C)C. The number of anilines is 1. The van der Waals surface area contributed by atoms with Gasteiger partial charge in [-0.05, 0) is 49.6 Å². The van der Waals surface area contributed by atoms with Crippen LogP contribution in [0.1, 0.15) is 37.6 Å². The van der Waals surface area contributed by atoms with Crippen molar-refractivity contribution in [2.24, 2.45) is 5.92 Å². The number of hydrogen-bond donors (Lipinski definition) is 1. The van der Waals surface area contributed by atoms with Crippen LogP contribution in [0, 0.1) is 5.92 Å². The quantitative estimate of drug-likeness (QED) is 0.628. The molecule has 0 aliphatic heterocycles. The Morgan fingerprint density at radius 1 is 1.12 bits per heavy atom. The van der Waals surface area contributed by atoms with E-state index in [9.17, 15) is 4.79 Å². The molecule has 1 N–H and O–H groups in total. The summed E-state index contributed by atoms with van der Waals surface area (Å²) >= 11 is 3.42. The number of amides is 1. The lowest BCUT2D eigenvalue weighted by molar-refractivity contribution is 0.102. The molecule has 0 fully saturated rings. The van der Waals surface area contributed by atoms with Crippen molar-refractivity contribution in [2.45, 2.75) is 27.2 Å². The van der Waals surface area contributed by atoms with Gasteiger partial charge >= 0.3 is 0 Å². The average Bonchev–Trinajstić information content (AvgIpc) is 2.57. The summed E-state index contributed by atoms with van der Waals surface area (Å²) in [7, 11) is 0. The third-order valence-electron chi connectivity index (χ3n) is 3.57. The highest BCUT2D eigenvalue weighted by Gasteiger charge is 2.15. The van der Waals surface area contributed by atoms with E-state index in [2.05, 4.69) is 35.1 Å². The van der Waals surface area contributed by atoms with Crippen LogP contribution in [0.4, 0.5) is 5.69 Å². The predicted octanol–water partition coefficient (Wildman–Crippen LogP) is 5.53. The van der Waals surface area contributed by atoms with Gasteiger partial charge in [0.05, 0.1) is 24.5 Å². The standard InChI is InChI=1S/C20H24BrNO3/c1-4-24-19-8-6-5-7-17(19)22-20(23)16-13-15(21)9-10-18(16)25-12-11-14(2)3/h5-10,13-14H,4,11-12H2,1-3H3,(H,22,23). The fourth-order valence-electron chi connectivity index (χ4n) is 2.25. The lowest BCUT2D eigenvalue weighted by Crippen LogP contribution is -2.15. The van der Waals surface area contributed by atoms with Crippen molar-refractivity contribution in [3.8, 4) is 11.5 Å². The van der Waals surface area contributed by atoms with Gasteiger partial charge in [-0.2, -0.15) is 0 Å². The third kappa shape index (κ3) is 5.78. The van der Waals surface area contributed by atoms with Gasteiger partial charge in [-0.15, -0.1) is 0 Å². The number of carbonyl (C=O) groups is 1. The summed E-state index contributed by atoms with van der Waals surface area (Å²) in [5.74, 6) is 1.55. The molecule has 0 bridgehead atoms. The molecule has 4 nitrogen and oxygen atoms in total. The van der Waals surface area contributed by atoms with Crippen LogP contribution < -0.4 is 14.8 Å². The number of hydrogen-bond acceptors (Lipinski definition) is 3. The number of benzene rings is 2. The number of carbonyl (C=O) groups excluding carboxylic acids is 1. The largest absolute Gasteiger partial charge is 0.493 e. The molecule has 1 amide bonds. The van der Waals surface area contributed by atoms with E-state index in [0.29, 0.717) is 41.9 Å². The minimum Gasteiger partial charge on any atom is -0.493 e. The molecule has 0 spiro atoms. The van der Waals surface area contributed by atoms with Gasteiger partial charge in [0.1, 0.15) is 11.5 Å². The van der Waals surface area contributed by atoms with Crippen molar-refractivity contribution in [1.82, 2.24) is 0 Å². The Morgan fingerprint density at radius 2 is 1.88 bits per heavy atom. The molecule has 134 valence electrons. The number of ether oxygens (including phenoxy) is 2. The normalized spacial score (nSPS) is 10.6. The average molecular weight is 406 g/mol. The summed E-state index contributed by atoms with van der Waals surface area (Å²) in [5, 5.41) is 2.91. The summed E-state index contributed by atoms with van der Waals surface area (Å²) < 4.78 is 12.2. The highest BCUT2D eigenvalue weighted by atomic mass is 79.9. The Morgan fingerprint density at radius 3 is 2.60 bits per heavy atom. The van der Waals surface area contributed by atoms with Crippen LogP contribution in [0.25, 0.3) is 0 Å². The van der Waals surface area contributed by atoms with E-state index in [4.69, 9.17) is 9.47 Å². The van der Waals surface area contributed by atoms with E-state index in [0.717, 1.165) is 10.9 Å². The van der Waals surface area contributed by atoms with Crippen molar-refractivity contribution in [3.05, 3.63) is 52.5 Å². The topological polar surface area (TPSA) is 47.6 Å². The molecule has 0 radical (unpaired) electrons. The molecule has 2 rings (SSSR count). The van der Waals surface area contributed by atoms with Crippen molar-refractivity contribution in [1.29, 1.82) is 0 Å². The predicted molar refractivity (Wildman–Crippen MR) is 105 cm³/mol. The van der Waals surface area contributed by atoms with Crippen LogP contribution >= 0.6 is 15.9 Å². The molecule has 0 saturated heterocycles. The van der Waals surface area contributed by atoms with Gasteiger partial charge in [0.25, 0.3) is 5.91 Å². The maximum absolute atomic E-state index is 12.8. The van der Waals surface area contributed by atoms with E-state index in [1.807, 2.05) is 43.3 Å². The van der Waals surface area contributed by atoms with Crippen LogP contribution in [0.5, 0.6) is 11.5 Å². The van der Waals surface area contributed by atoms with E-state index >= 15 is 0 Å². The zero-order chi connectivity index (χ0) is 18.2. The van der Waals surface area contributed by atoms with Crippen LogP contribution in [-0.2, 0) is 0 Å². The summed E-state index contributed by atoms with van der Waals surface area (Å²) in [6.07, 6.45) is 0.935. The fraction of sp³-hybridized carbons (Fsp3) is 0.350. The monoisotopic (exact) mass is 405 g/mol. The van der Waals surface area contributed by atoms with Gasteiger partial charge in [0.2, 0.25) is 0 Å². The Bertz CT molecular complexity index is 716. The van der Waals surface area contributed by atoms with Crippen LogP contribution in [-0.4, -0.2) is 19.1 Å². The molecule has 0 heterocycles. The molecule has 5 heteroatoms. The Kier molecular flexibility index (Phi) is 7.31. The second kappa shape index (κ2) is 9.47. The molecule has 25 heavy (non-hydrogen) atoms. The number of para-hydroxylation sites is 2. The minimum atomic E-state index is -0.229. The lowest BCUT2D eigenvalue weighted by Gasteiger charge is -2.15. The smallest absolute Gasteiger partial charge is 0.259 e. The Labute approximate surface area is 157 Å². The first-order valence-corrected chi connectivity index (χ1v) is 9.26. The zero-order valence-electron chi connectivity index (χ0n) is 14.8. The molecule has 2 aromatic rings. The second-order valence-corrected chi connectivity index (χ2v) is 6.97. The molecule has 0 saturated carbocycles. The van der Waals surface area contributed by atoms with E-state index in [1.54, 1.807) is 6.07 Å². The molecular weight excluding hydrogens is 382 g/mol. The third-order valence-corrected chi connectivity index (χ3v) is 4.07. The van der Waals surface area contributed by atoms with E-state index in [-0.39, 0.29) is 5.91 Å². The zero-order valence-corrected chi connectivity index (χ0v) is 16.4. The minimum absolute atomic E-state index is 0.229. The molecule has 0 aromatic heterocycles. The number of nitrogens with one attached hydrogen (secondary N) is 1. The van der Waals surface area contributed by atoms with Gasteiger partial charge in [-0.25, -0.2) is 0 Å². The summed E-state index contributed by atoms with van der Waals surface area (Å²) in [6, 6.07) is 12.8. The maximum atomic E-state index is 12.8. The lowest BCUT2D eigenvalue weighted by atomic mass is 10.1. The Hall–Kier alpha value is -2.01. The highest BCUT2D eigenvalue weighted by Crippen LogP contribution is 2.28. The first-order valence-electron chi connectivity index (χ1n) is 8.46. The Balaban J connectivity index is 2.19. The molecule has 0 atom stereocenters. The molecule has 2 aromatic carbocycles. The number of rotatable bonds is 8. The van der Waals surface area contributed by atoms with Gasteiger partial charge in [-0.3, -0.25) is 4.79 Å². The maximum Gasteiger partial charge on any atom is 0.259 e. The van der Waals surface area contributed by atoms with Gasteiger partial charge < -0.3 is 14.8 Å². The molecule has 0 aliphatic carbocycles. The van der Waals surface area contributed by atoms with Gasteiger partial charge in [0.15, 0.2) is 0 Å². The number of halogens is 1. The van der Waals surface area contributed by atoms with Crippen molar-refractivity contribution < 1.29 is 14.3 Å². The molecule has 0 aliphatic rings. The van der Waals surface area contributed by atoms with E-state index in [1.165, 1.54) is 0 Å². The van der Waals surface area contributed by atoms with Crippen LogP contribution in [0.2, 0.25) is 0 Å². The first kappa shape index (κ1) is 19.3. The fourth-order valence-corrected chi connectivity index (χ4v) is 2.61. The van der Waals surface area contributed by atoms with Gasteiger partial charge in [0, 0.05) is 4.47 Å². The second-order valence-electron chi connectivity index (χ2n) is 6.05. The van der Waals surface area contributed by atoms with Crippen molar-refractivity contribution in [3.63, 3.8) is 0 Å². The molecule has 0 unspecified atom stereocenters. The van der Waals surface area contributed by atoms with Crippen molar-refractivity contribution >= 4 is 27.5 Å². The first-order chi connectivity index (χ1) is 12.0. The van der Waals surface area contributed by atoms with Crippen LogP contribution in [0.3, 0.4) is 0 Å². The van der Waals surface area contributed by atoms with Gasteiger partial charge in [-0.1, -0.05) is 41.9 Å². The van der Waals surface area contributed by atoms with E-state index < -0.39 is 0 Å². The summed E-state index contributed by atoms with van der Waals surface area (Å²) in [5.41, 5.74) is 1.13. The van der Waals surface area contributed by atoms with Crippen LogP contribution in [0.15, 0.2) is 46.9 Å². The highest BCUT2D eigenvalue weighted by molar-refractivity contribution is 9.10. The molecular formula is C20H24BrNO3. The summed E-state index contributed by atoms with van der Waals surface area (Å²) in [6.45, 7) is 7.31.